The fourth-order valence-corrected chi connectivity index (χ4v) is 5.07. The topological polar surface area (TPSA) is 192 Å². The van der Waals surface area contributed by atoms with Crippen molar-refractivity contribution in [2.24, 2.45) is 16.6 Å². The zero-order valence-electron chi connectivity index (χ0n) is 27.2. The van der Waals surface area contributed by atoms with Gasteiger partial charge in [-0.1, -0.05) is 18.5 Å². The van der Waals surface area contributed by atoms with Gasteiger partial charge in [-0.15, -0.1) is 0 Å². The maximum absolute atomic E-state index is 14.3. The van der Waals surface area contributed by atoms with Crippen molar-refractivity contribution in [1.82, 2.24) is 10.2 Å². The van der Waals surface area contributed by atoms with E-state index < -0.39 is 23.4 Å². The predicted octanol–water partition coefficient (Wildman–Crippen LogP) is 4.91. The van der Waals surface area contributed by atoms with E-state index in [9.17, 15) is 22.8 Å². The Labute approximate surface area is 291 Å². The van der Waals surface area contributed by atoms with Gasteiger partial charge in [-0.2, -0.15) is 13.2 Å². The van der Waals surface area contributed by atoms with Gasteiger partial charge in [0, 0.05) is 60.6 Å². The van der Waals surface area contributed by atoms with Gasteiger partial charge in [0.25, 0.3) is 5.91 Å². The first kappa shape index (κ1) is 37.5. The van der Waals surface area contributed by atoms with Crippen molar-refractivity contribution in [3.8, 4) is 11.5 Å². The summed E-state index contributed by atoms with van der Waals surface area (Å²) in [6, 6.07) is 12.9. The number of amidine groups is 1. The number of amides is 2. The second-order valence-electron chi connectivity index (χ2n) is 10.8. The van der Waals surface area contributed by atoms with Crippen LogP contribution in [0.25, 0.3) is 0 Å². The average Bonchev–Trinajstić information content (AvgIpc) is 3.11. The summed E-state index contributed by atoms with van der Waals surface area (Å²) in [6.07, 6.45) is -4.42. The van der Waals surface area contributed by atoms with Gasteiger partial charge in [-0.25, -0.2) is 4.99 Å². The third kappa shape index (κ3) is 9.43. The van der Waals surface area contributed by atoms with E-state index in [0.717, 1.165) is 13.1 Å². The van der Waals surface area contributed by atoms with Crippen molar-refractivity contribution in [1.29, 1.82) is 5.41 Å². The Hall–Kier alpha value is -5.32. The number of halogens is 4. The largest absolute Gasteiger partial charge is 0.497 e. The van der Waals surface area contributed by atoms with E-state index in [4.69, 9.17) is 38.1 Å². The summed E-state index contributed by atoms with van der Waals surface area (Å²) in [5, 5.41) is 17.2. The van der Waals surface area contributed by atoms with Crippen LogP contribution in [0.5, 0.6) is 11.5 Å². The number of rotatable bonds is 12. The molecule has 17 heteroatoms. The first-order valence-electron chi connectivity index (χ1n) is 15.3. The number of ether oxygens (including phenoxy) is 2. The zero-order valence-corrected chi connectivity index (χ0v) is 28.0. The fraction of sp³-hybridized carbons (Fsp3) is 0.273. The zero-order chi connectivity index (χ0) is 36.4. The van der Waals surface area contributed by atoms with Crippen LogP contribution >= 0.6 is 11.6 Å². The van der Waals surface area contributed by atoms with Gasteiger partial charge in [0.15, 0.2) is 5.71 Å². The lowest BCUT2D eigenvalue weighted by molar-refractivity contribution is -0.116. The SMILES string of the molecule is CCC(=O)Nc1ccc(OCc2cc(NN)c(C(=N)N3CCNCC3)cc2Cl)c(NC(=O)C(=CN)C(=Nc2ccc(OC)cc2)C(F)(F)F)c1. The highest BCUT2D eigenvalue weighted by molar-refractivity contribution is 6.32. The lowest BCUT2D eigenvalue weighted by Crippen LogP contribution is -2.46. The molecule has 0 atom stereocenters. The molecule has 4 rings (SSSR count). The second-order valence-corrected chi connectivity index (χ2v) is 11.2. The van der Waals surface area contributed by atoms with Gasteiger partial charge >= 0.3 is 6.18 Å². The maximum Gasteiger partial charge on any atom is 0.434 e. The monoisotopic (exact) mass is 715 g/mol. The maximum atomic E-state index is 14.3. The van der Waals surface area contributed by atoms with Crippen molar-refractivity contribution in [2.75, 3.05) is 49.3 Å². The van der Waals surface area contributed by atoms with Crippen LogP contribution in [-0.2, 0) is 16.2 Å². The molecule has 1 heterocycles. The summed E-state index contributed by atoms with van der Waals surface area (Å²) in [4.78, 5) is 31.1. The van der Waals surface area contributed by atoms with E-state index in [-0.39, 0.29) is 52.6 Å². The molecule has 2 amide bonds. The van der Waals surface area contributed by atoms with Gasteiger partial charge in [-0.3, -0.25) is 20.8 Å². The standard InChI is InChI=1S/C33H37ClF3N9O4/c1-3-29(47)42-21-6-9-28(50-18-19-14-26(45-40)23(16-25(19)34)31(39)46-12-10-41-11-13-46)27(15-21)44-32(48)24(17-38)30(33(35,36)37)43-20-4-7-22(49-2)8-5-20/h4-9,14-17,39,41,45H,3,10-13,18,38,40H2,1-2H3,(H,42,47)(H,44,48). The van der Waals surface area contributed by atoms with Crippen molar-refractivity contribution < 1.29 is 32.2 Å². The first-order chi connectivity index (χ1) is 23.9. The van der Waals surface area contributed by atoms with E-state index in [1.165, 1.54) is 49.6 Å². The van der Waals surface area contributed by atoms with Crippen LogP contribution in [-0.4, -0.2) is 67.7 Å². The Morgan fingerprint density at radius 1 is 1.08 bits per heavy atom. The van der Waals surface area contributed by atoms with Crippen LogP contribution in [0.2, 0.25) is 5.02 Å². The Morgan fingerprint density at radius 2 is 1.78 bits per heavy atom. The number of nitrogens with zero attached hydrogens (tertiary/aromatic N) is 2. The van der Waals surface area contributed by atoms with Gasteiger partial charge in [0.2, 0.25) is 5.91 Å². The molecule has 50 heavy (non-hydrogen) atoms. The number of nitrogens with one attached hydrogen (secondary N) is 5. The third-order valence-corrected chi connectivity index (χ3v) is 7.85. The van der Waals surface area contributed by atoms with Crippen LogP contribution in [0.15, 0.2) is 71.4 Å². The van der Waals surface area contributed by atoms with Crippen molar-refractivity contribution in [2.45, 2.75) is 26.1 Å². The number of carbonyl (C=O) groups is 2. The Bertz CT molecular complexity index is 1780. The summed E-state index contributed by atoms with van der Waals surface area (Å²) in [5.41, 5.74) is 7.05. The van der Waals surface area contributed by atoms with E-state index in [0.29, 0.717) is 41.9 Å². The number of hydrogen-bond donors (Lipinski definition) is 7. The number of piperazine rings is 1. The average molecular weight is 716 g/mol. The summed E-state index contributed by atoms with van der Waals surface area (Å²) in [6.45, 7) is 4.18. The highest BCUT2D eigenvalue weighted by Gasteiger charge is 2.40. The number of benzene rings is 3. The normalized spacial score (nSPS) is 13.8. The Balaban J connectivity index is 1.64. The van der Waals surface area contributed by atoms with E-state index in [2.05, 4.69) is 26.4 Å². The molecule has 0 saturated carbocycles. The number of alkyl halides is 3. The lowest BCUT2D eigenvalue weighted by atomic mass is 10.1. The molecular formula is C33H37ClF3N9O4. The van der Waals surface area contributed by atoms with Gasteiger partial charge < -0.3 is 41.5 Å². The molecule has 3 aromatic rings. The van der Waals surface area contributed by atoms with Crippen LogP contribution in [0.1, 0.15) is 24.5 Å². The van der Waals surface area contributed by atoms with E-state index in [1.807, 2.05) is 4.90 Å². The summed E-state index contributed by atoms with van der Waals surface area (Å²) < 4.78 is 53.8. The third-order valence-electron chi connectivity index (χ3n) is 7.49. The molecule has 0 spiro atoms. The molecule has 0 aromatic heterocycles. The molecule has 1 aliphatic heterocycles. The molecule has 3 aromatic carbocycles. The van der Waals surface area contributed by atoms with Gasteiger partial charge in [0.1, 0.15) is 23.9 Å². The number of hydrogen-bond acceptors (Lipinski definition) is 10. The number of nitrogen functional groups attached to an aromatic ring is 1. The van der Waals surface area contributed by atoms with Crippen molar-refractivity contribution in [3.05, 3.63) is 82.5 Å². The number of anilines is 3. The molecule has 266 valence electrons. The van der Waals surface area contributed by atoms with Crippen LogP contribution in [0.4, 0.5) is 35.9 Å². The van der Waals surface area contributed by atoms with Crippen molar-refractivity contribution in [3.63, 3.8) is 0 Å². The van der Waals surface area contributed by atoms with Crippen molar-refractivity contribution >= 4 is 57.7 Å². The number of nitrogens with two attached hydrogens (primary N) is 2. The molecule has 0 bridgehead atoms. The lowest BCUT2D eigenvalue weighted by Gasteiger charge is -2.30. The van der Waals surface area contributed by atoms with Gasteiger partial charge in [0.05, 0.1) is 29.7 Å². The number of methoxy groups -OCH3 is 1. The minimum atomic E-state index is -5.07. The molecule has 1 fully saturated rings. The molecule has 9 N–H and O–H groups in total. The number of carbonyl (C=O) groups excluding carboxylic acids is 2. The molecule has 13 nitrogen and oxygen atoms in total. The van der Waals surface area contributed by atoms with Crippen LogP contribution in [0.3, 0.4) is 0 Å². The second kappa shape index (κ2) is 16.9. The molecular weight excluding hydrogens is 679 g/mol. The molecule has 0 unspecified atom stereocenters. The molecule has 1 aliphatic rings. The summed E-state index contributed by atoms with van der Waals surface area (Å²) >= 11 is 6.61. The number of aliphatic imine (C=N–C) groups is 1. The van der Waals surface area contributed by atoms with E-state index in [1.54, 1.807) is 19.1 Å². The van der Waals surface area contributed by atoms with Crippen LogP contribution in [0, 0.1) is 5.41 Å². The predicted molar refractivity (Wildman–Crippen MR) is 187 cm³/mol. The summed E-state index contributed by atoms with van der Waals surface area (Å²) in [7, 11) is 1.40. The molecule has 0 aliphatic carbocycles. The highest BCUT2D eigenvalue weighted by atomic mass is 35.5. The Morgan fingerprint density at radius 3 is 2.38 bits per heavy atom. The minimum Gasteiger partial charge on any atom is -0.497 e. The summed E-state index contributed by atoms with van der Waals surface area (Å²) in [5.74, 6) is 4.87. The van der Waals surface area contributed by atoms with Gasteiger partial charge in [-0.05, 0) is 54.6 Å². The van der Waals surface area contributed by atoms with E-state index >= 15 is 0 Å². The smallest absolute Gasteiger partial charge is 0.434 e. The first-order valence-corrected chi connectivity index (χ1v) is 15.7. The minimum absolute atomic E-state index is 0.0285. The van der Waals surface area contributed by atoms with Crippen LogP contribution < -0.4 is 42.4 Å². The highest BCUT2D eigenvalue weighted by Crippen LogP contribution is 2.33. The molecule has 1 saturated heterocycles. The molecule has 0 radical (unpaired) electrons. The fourth-order valence-electron chi connectivity index (χ4n) is 4.85. The Kier molecular flexibility index (Phi) is 12.7. The quantitative estimate of drug-likeness (QED) is 0.0449. The number of hydrazine groups is 1.